The van der Waals surface area contributed by atoms with Crippen molar-refractivity contribution in [3.63, 3.8) is 0 Å². The molecule has 0 atom stereocenters. The minimum atomic E-state index is -0.410. The molecular formula is C16H15N3O4S. The number of hydrogen-bond donors (Lipinski definition) is 1. The third-order valence-electron chi connectivity index (χ3n) is 3.36. The van der Waals surface area contributed by atoms with Crippen molar-refractivity contribution in [1.82, 2.24) is 10.2 Å². The molecule has 0 saturated carbocycles. The minimum Gasteiger partial charge on any atom is -0.497 e. The minimum absolute atomic E-state index is 0.0284. The molecule has 7 nitrogen and oxygen atoms in total. The first-order chi connectivity index (χ1) is 11.6. The Kier molecular flexibility index (Phi) is 4.48. The smallest absolute Gasteiger partial charge is 0.322 e. The number of nitrogens with zero attached hydrogens (tertiary/aromatic N) is 2. The Morgan fingerprint density at radius 3 is 2.71 bits per heavy atom. The Bertz CT molecular complexity index is 872. The van der Waals surface area contributed by atoms with Gasteiger partial charge in [-0.15, -0.1) is 16.4 Å². The molecular weight excluding hydrogens is 330 g/mol. The van der Waals surface area contributed by atoms with Gasteiger partial charge < -0.3 is 13.9 Å². The van der Waals surface area contributed by atoms with Gasteiger partial charge in [-0.3, -0.25) is 10.1 Å². The molecule has 2 aromatic heterocycles. The zero-order chi connectivity index (χ0) is 17.1. The normalized spacial score (nSPS) is 10.5. The lowest BCUT2D eigenvalue weighted by Crippen LogP contribution is -2.13. The van der Waals surface area contributed by atoms with Gasteiger partial charge in [-0.1, -0.05) is 5.10 Å². The van der Waals surface area contributed by atoms with Gasteiger partial charge in [-0.25, -0.2) is 0 Å². The summed E-state index contributed by atoms with van der Waals surface area (Å²) in [4.78, 5) is 13.3. The summed E-state index contributed by atoms with van der Waals surface area (Å²) in [6.07, 6.45) is 0. The number of aromatic nitrogens is 2. The Morgan fingerprint density at radius 2 is 2.04 bits per heavy atom. The molecule has 2 heterocycles. The average molecular weight is 345 g/mol. The highest BCUT2D eigenvalue weighted by Gasteiger charge is 2.18. The van der Waals surface area contributed by atoms with Crippen molar-refractivity contribution in [2.75, 3.05) is 19.5 Å². The summed E-state index contributed by atoms with van der Waals surface area (Å²) in [5.41, 5.74) is 1.38. The molecule has 1 N–H and O–H groups in total. The maximum Gasteiger partial charge on any atom is 0.322 e. The highest BCUT2D eigenvalue weighted by Crippen LogP contribution is 2.29. The van der Waals surface area contributed by atoms with Crippen molar-refractivity contribution in [3.05, 3.63) is 40.8 Å². The fourth-order valence-corrected chi connectivity index (χ4v) is 2.95. The van der Waals surface area contributed by atoms with Crippen LogP contribution in [-0.2, 0) is 0 Å². The summed E-state index contributed by atoms with van der Waals surface area (Å²) in [5, 5.41) is 12.3. The number of nitrogens with one attached hydrogen (secondary N) is 1. The van der Waals surface area contributed by atoms with E-state index in [9.17, 15) is 4.79 Å². The third kappa shape index (κ3) is 3.09. The van der Waals surface area contributed by atoms with E-state index in [4.69, 9.17) is 13.9 Å². The van der Waals surface area contributed by atoms with Crippen LogP contribution in [0.3, 0.4) is 0 Å². The number of benzene rings is 1. The van der Waals surface area contributed by atoms with Crippen molar-refractivity contribution in [2.24, 2.45) is 0 Å². The van der Waals surface area contributed by atoms with Crippen LogP contribution in [0.4, 0.5) is 6.01 Å². The van der Waals surface area contributed by atoms with Crippen LogP contribution < -0.4 is 14.8 Å². The summed E-state index contributed by atoms with van der Waals surface area (Å²) in [5.74, 6) is 0.949. The number of rotatable bonds is 5. The molecule has 0 bridgehead atoms. The van der Waals surface area contributed by atoms with Crippen LogP contribution >= 0.6 is 11.3 Å². The second-order valence-corrected chi connectivity index (χ2v) is 5.78. The predicted molar refractivity (Wildman–Crippen MR) is 89.8 cm³/mol. The van der Waals surface area contributed by atoms with E-state index >= 15 is 0 Å². The van der Waals surface area contributed by atoms with Gasteiger partial charge in [-0.2, -0.15) is 0 Å². The summed E-state index contributed by atoms with van der Waals surface area (Å²) < 4.78 is 15.8. The van der Waals surface area contributed by atoms with Crippen molar-refractivity contribution >= 4 is 23.3 Å². The van der Waals surface area contributed by atoms with Crippen LogP contribution in [0, 0.1) is 6.92 Å². The van der Waals surface area contributed by atoms with E-state index < -0.39 is 5.91 Å². The monoisotopic (exact) mass is 345 g/mol. The van der Waals surface area contributed by atoms with Crippen molar-refractivity contribution < 1.29 is 18.7 Å². The number of methoxy groups -OCH3 is 2. The fraction of sp³-hybridized carbons (Fsp3) is 0.188. The number of hydrogen-bond acceptors (Lipinski definition) is 7. The lowest BCUT2D eigenvalue weighted by atomic mass is 10.2. The third-order valence-corrected chi connectivity index (χ3v) is 4.36. The summed E-state index contributed by atoms with van der Waals surface area (Å²) in [6.45, 7) is 1.95. The van der Waals surface area contributed by atoms with Gasteiger partial charge in [0.05, 0.1) is 24.7 Å². The molecule has 0 aliphatic carbocycles. The summed E-state index contributed by atoms with van der Waals surface area (Å²) in [7, 11) is 3.02. The van der Waals surface area contributed by atoms with E-state index in [-0.39, 0.29) is 6.01 Å². The van der Waals surface area contributed by atoms with Gasteiger partial charge in [0.2, 0.25) is 0 Å². The van der Waals surface area contributed by atoms with E-state index in [2.05, 4.69) is 15.5 Å². The Hall–Kier alpha value is -2.87. The van der Waals surface area contributed by atoms with E-state index in [1.807, 2.05) is 18.4 Å². The van der Waals surface area contributed by atoms with Crippen LogP contribution in [0.15, 0.2) is 34.1 Å². The number of carbonyl (C=O) groups excluding carboxylic acids is 1. The quantitative estimate of drug-likeness (QED) is 0.763. The van der Waals surface area contributed by atoms with Gasteiger partial charge in [0.1, 0.15) is 11.5 Å². The Morgan fingerprint density at radius 1 is 1.21 bits per heavy atom. The highest BCUT2D eigenvalue weighted by molar-refractivity contribution is 7.13. The summed E-state index contributed by atoms with van der Waals surface area (Å²) >= 11 is 1.50. The maximum atomic E-state index is 12.4. The topological polar surface area (TPSA) is 86.5 Å². The number of aryl methyl sites for hydroxylation is 1. The van der Waals surface area contributed by atoms with E-state index in [1.165, 1.54) is 18.4 Å². The Labute approximate surface area is 142 Å². The Balaban J connectivity index is 1.81. The van der Waals surface area contributed by atoms with E-state index in [1.54, 1.807) is 25.3 Å². The molecule has 0 spiro atoms. The van der Waals surface area contributed by atoms with E-state index in [0.29, 0.717) is 23.0 Å². The molecule has 1 aromatic carbocycles. The maximum absolute atomic E-state index is 12.4. The van der Waals surface area contributed by atoms with Crippen LogP contribution in [0.1, 0.15) is 15.9 Å². The van der Waals surface area contributed by atoms with Gasteiger partial charge in [-0.05, 0) is 36.1 Å². The molecule has 3 aromatic rings. The standard InChI is InChI=1S/C16H15N3O4S/c1-9-6-7-24-13(9)15-18-19-16(23-15)17-14(20)11-5-4-10(21-2)8-12(11)22-3/h4-8H,1-3H3,(H,17,19,20). The molecule has 24 heavy (non-hydrogen) atoms. The predicted octanol–water partition coefficient (Wildman–Crippen LogP) is 3.38. The molecule has 0 aliphatic heterocycles. The fourth-order valence-electron chi connectivity index (χ4n) is 2.11. The highest BCUT2D eigenvalue weighted by atomic mass is 32.1. The van der Waals surface area contributed by atoms with Gasteiger partial charge in [0.25, 0.3) is 11.8 Å². The number of carbonyl (C=O) groups is 1. The lowest BCUT2D eigenvalue weighted by Gasteiger charge is -2.09. The molecule has 0 unspecified atom stereocenters. The SMILES string of the molecule is COc1ccc(C(=O)Nc2nnc(-c3sccc3C)o2)c(OC)c1. The average Bonchev–Trinajstić information content (AvgIpc) is 3.22. The van der Waals surface area contributed by atoms with Crippen molar-refractivity contribution in [1.29, 1.82) is 0 Å². The molecule has 8 heteroatoms. The zero-order valence-corrected chi connectivity index (χ0v) is 14.1. The summed E-state index contributed by atoms with van der Waals surface area (Å²) in [6, 6.07) is 6.90. The number of amides is 1. The number of ether oxygens (including phenoxy) is 2. The van der Waals surface area contributed by atoms with Crippen LogP contribution in [0.5, 0.6) is 11.5 Å². The molecule has 0 saturated heterocycles. The molecule has 0 radical (unpaired) electrons. The first kappa shape index (κ1) is 16.0. The first-order valence-electron chi connectivity index (χ1n) is 7.03. The van der Waals surface area contributed by atoms with Gasteiger partial charge in [0.15, 0.2) is 0 Å². The largest absolute Gasteiger partial charge is 0.497 e. The number of thiophene rings is 1. The molecule has 0 aliphatic rings. The first-order valence-corrected chi connectivity index (χ1v) is 7.91. The zero-order valence-electron chi connectivity index (χ0n) is 13.3. The second kappa shape index (κ2) is 6.71. The molecule has 124 valence electrons. The van der Waals surface area contributed by atoms with Gasteiger partial charge in [0, 0.05) is 6.07 Å². The van der Waals surface area contributed by atoms with Crippen LogP contribution in [0.2, 0.25) is 0 Å². The van der Waals surface area contributed by atoms with Gasteiger partial charge >= 0.3 is 6.01 Å². The molecule has 1 amide bonds. The second-order valence-electron chi connectivity index (χ2n) is 4.87. The number of anilines is 1. The lowest BCUT2D eigenvalue weighted by molar-refractivity contribution is 0.102. The van der Waals surface area contributed by atoms with Crippen LogP contribution in [0.25, 0.3) is 10.8 Å². The van der Waals surface area contributed by atoms with E-state index in [0.717, 1.165) is 10.4 Å². The molecule has 0 fully saturated rings. The van der Waals surface area contributed by atoms with Crippen molar-refractivity contribution in [2.45, 2.75) is 6.92 Å². The van der Waals surface area contributed by atoms with Crippen LogP contribution in [-0.4, -0.2) is 30.3 Å². The van der Waals surface area contributed by atoms with Crippen molar-refractivity contribution in [3.8, 4) is 22.3 Å². The molecule has 3 rings (SSSR count).